The van der Waals surface area contributed by atoms with Crippen LogP contribution in [0.1, 0.15) is 40.0 Å². The van der Waals surface area contributed by atoms with Crippen molar-refractivity contribution in [3.63, 3.8) is 0 Å². The highest BCUT2D eigenvalue weighted by Crippen LogP contribution is 2.26. The SMILES string of the molecule is CCOC(=O)C1=CC(OC(CC)CC)C(N)C(OS(C)(=O)=O)C1. The number of carbonyl (C=O) groups is 1. The molecule has 0 aromatic rings. The molecule has 0 saturated heterocycles. The zero-order valence-electron chi connectivity index (χ0n) is 14.2. The van der Waals surface area contributed by atoms with E-state index in [0.717, 1.165) is 19.1 Å². The lowest BCUT2D eigenvalue weighted by atomic mass is 9.90. The summed E-state index contributed by atoms with van der Waals surface area (Å²) < 4.78 is 38.8. The van der Waals surface area contributed by atoms with Gasteiger partial charge in [0.25, 0.3) is 10.1 Å². The number of esters is 1. The van der Waals surface area contributed by atoms with Crippen molar-refractivity contribution >= 4 is 16.1 Å². The summed E-state index contributed by atoms with van der Waals surface area (Å²) in [4.78, 5) is 12.0. The molecule has 0 aromatic carbocycles. The number of hydrogen-bond acceptors (Lipinski definition) is 7. The maximum atomic E-state index is 12.0. The summed E-state index contributed by atoms with van der Waals surface area (Å²) in [6, 6.07) is -0.677. The average Bonchev–Trinajstić information content (AvgIpc) is 2.46. The lowest BCUT2D eigenvalue weighted by Crippen LogP contribution is -2.51. The fraction of sp³-hybridized carbons (Fsp3) is 0.800. The third-order valence-corrected chi connectivity index (χ3v) is 4.29. The standard InChI is InChI=1S/C15H27NO6S/c1-5-11(6-2)21-12-8-10(15(17)20-7-3)9-13(14(12)16)22-23(4,18)19/h8,11-14H,5-7,9,16H2,1-4H3. The van der Waals surface area contributed by atoms with E-state index in [-0.39, 0.29) is 19.1 Å². The molecule has 2 N–H and O–H groups in total. The largest absolute Gasteiger partial charge is 0.463 e. The minimum Gasteiger partial charge on any atom is -0.463 e. The van der Waals surface area contributed by atoms with Crippen molar-refractivity contribution in [1.29, 1.82) is 0 Å². The van der Waals surface area contributed by atoms with Crippen LogP contribution < -0.4 is 5.73 Å². The Hall–Kier alpha value is -0.960. The lowest BCUT2D eigenvalue weighted by molar-refractivity contribution is -0.139. The summed E-state index contributed by atoms with van der Waals surface area (Å²) in [5, 5.41) is 0. The molecule has 0 aliphatic heterocycles. The van der Waals surface area contributed by atoms with Gasteiger partial charge in [0.05, 0.1) is 37.2 Å². The van der Waals surface area contributed by atoms with Gasteiger partial charge in [-0.25, -0.2) is 4.79 Å². The van der Waals surface area contributed by atoms with Crippen LogP contribution in [0.5, 0.6) is 0 Å². The van der Waals surface area contributed by atoms with E-state index < -0.39 is 34.3 Å². The summed E-state index contributed by atoms with van der Waals surface area (Å²) in [5.74, 6) is -0.500. The number of rotatable bonds is 8. The first kappa shape index (κ1) is 20.1. The molecule has 1 aliphatic carbocycles. The van der Waals surface area contributed by atoms with Gasteiger partial charge in [-0.15, -0.1) is 0 Å². The molecule has 0 saturated carbocycles. The van der Waals surface area contributed by atoms with Crippen molar-refractivity contribution < 1.29 is 26.9 Å². The predicted octanol–water partition coefficient (Wildman–Crippen LogP) is 1.13. The van der Waals surface area contributed by atoms with Crippen molar-refractivity contribution in [2.75, 3.05) is 12.9 Å². The average molecular weight is 349 g/mol. The van der Waals surface area contributed by atoms with Crippen molar-refractivity contribution in [3.05, 3.63) is 11.6 Å². The summed E-state index contributed by atoms with van der Waals surface area (Å²) in [6.45, 7) is 5.92. The molecule has 1 aliphatic rings. The Morgan fingerprint density at radius 3 is 2.43 bits per heavy atom. The molecule has 0 amide bonds. The van der Waals surface area contributed by atoms with E-state index in [1.165, 1.54) is 0 Å². The second-order valence-electron chi connectivity index (χ2n) is 5.57. The third-order valence-electron chi connectivity index (χ3n) is 3.69. The topological polar surface area (TPSA) is 105 Å². The molecule has 0 bridgehead atoms. The van der Waals surface area contributed by atoms with Crippen molar-refractivity contribution in [1.82, 2.24) is 0 Å². The van der Waals surface area contributed by atoms with Crippen molar-refractivity contribution in [2.24, 2.45) is 5.73 Å². The maximum absolute atomic E-state index is 12.0. The first-order valence-electron chi connectivity index (χ1n) is 7.88. The van der Waals surface area contributed by atoms with Crippen LogP contribution in [0.15, 0.2) is 11.6 Å². The maximum Gasteiger partial charge on any atom is 0.333 e. The van der Waals surface area contributed by atoms with Gasteiger partial charge in [-0.05, 0) is 25.8 Å². The Labute approximate surface area is 138 Å². The molecule has 23 heavy (non-hydrogen) atoms. The highest BCUT2D eigenvalue weighted by Gasteiger charge is 2.37. The Kier molecular flexibility index (Phi) is 7.66. The molecular formula is C15H27NO6S. The van der Waals surface area contributed by atoms with Gasteiger partial charge in [0.2, 0.25) is 0 Å². The fourth-order valence-electron chi connectivity index (χ4n) is 2.47. The molecule has 1 rings (SSSR count). The normalized spacial score (nSPS) is 25.3. The van der Waals surface area contributed by atoms with Crippen molar-refractivity contribution in [2.45, 2.75) is 64.4 Å². The van der Waals surface area contributed by atoms with Gasteiger partial charge < -0.3 is 15.2 Å². The first-order chi connectivity index (χ1) is 10.7. The highest BCUT2D eigenvalue weighted by molar-refractivity contribution is 7.86. The summed E-state index contributed by atoms with van der Waals surface area (Å²) in [5.41, 5.74) is 6.44. The zero-order valence-corrected chi connectivity index (χ0v) is 15.0. The molecule has 0 spiro atoms. The van der Waals surface area contributed by atoms with E-state index in [2.05, 4.69) is 0 Å². The van der Waals surface area contributed by atoms with Gasteiger partial charge in [-0.1, -0.05) is 13.8 Å². The van der Waals surface area contributed by atoms with E-state index in [0.29, 0.717) is 5.57 Å². The number of hydrogen-bond donors (Lipinski definition) is 1. The first-order valence-corrected chi connectivity index (χ1v) is 9.70. The molecule has 3 atom stereocenters. The molecule has 7 nitrogen and oxygen atoms in total. The lowest BCUT2D eigenvalue weighted by Gasteiger charge is -2.35. The summed E-state index contributed by atoms with van der Waals surface area (Å²) in [7, 11) is -3.70. The van der Waals surface area contributed by atoms with Gasteiger partial charge in [0, 0.05) is 12.0 Å². The van der Waals surface area contributed by atoms with E-state index >= 15 is 0 Å². The number of ether oxygens (including phenoxy) is 2. The number of nitrogens with two attached hydrogens (primary N) is 1. The third kappa shape index (κ3) is 6.21. The van der Waals surface area contributed by atoms with E-state index in [1.54, 1.807) is 13.0 Å². The highest BCUT2D eigenvalue weighted by atomic mass is 32.2. The van der Waals surface area contributed by atoms with Gasteiger partial charge in [0.15, 0.2) is 0 Å². The minimum absolute atomic E-state index is 0.0253. The molecule has 134 valence electrons. The van der Waals surface area contributed by atoms with Gasteiger partial charge >= 0.3 is 5.97 Å². The molecule has 0 radical (unpaired) electrons. The van der Waals surface area contributed by atoms with Crippen LogP contribution in [-0.2, 0) is 28.6 Å². The Morgan fingerprint density at radius 2 is 1.96 bits per heavy atom. The van der Waals surface area contributed by atoms with Crippen molar-refractivity contribution in [3.8, 4) is 0 Å². The summed E-state index contributed by atoms with van der Waals surface area (Å²) in [6.07, 6.45) is 2.77. The van der Waals surface area contributed by atoms with Crippen LogP contribution in [0.2, 0.25) is 0 Å². The molecule has 8 heteroatoms. The van der Waals surface area contributed by atoms with Gasteiger partial charge in [-0.3, -0.25) is 4.18 Å². The Bertz CT molecular complexity index is 526. The fourth-order valence-corrected chi connectivity index (χ4v) is 3.12. The Morgan fingerprint density at radius 1 is 1.35 bits per heavy atom. The second-order valence-corrected chi connectivity index (χ2v) is 7.17. The van der Waals surface area contributed by atoms with E-state index in [4.69, 9.17) is 19.4 Å². The Balaban J connectivity index is 3.03. The second kappa shape index (κ2) is 8.77. The molecule has 3 unspecified atom stereocenters. The summed E-state index contributed by atoms with van der Waals surface area (Å²) >= 11 is 0. The number of carbonyl (C=O) groups excluding carboxylic acids is 1. The van der Waals surface area contributed by atoms with Gasteiger partial charge in [0.1, 0.15) is 0 Å². The smallest absolute Gasteiger partial charge is 0.333 e. The van der Waals surface area contributed by atoms with Crippen LogP contribution in [0.3, 0.4) is 0 Å². The molecular weight excluding hydrogens is 322 g/mol. The predicted molar refractivity (Wildman–Crippen MR) is 86.3 cm³/mol. The van der Waals surface area contributed by atoms with E-state index in [1.807, 2.05) is 13.8 Å². The van der Waals surface area contributed by atoms with Crippen LogP contribution >= 0.6 is 0 Å². The van der Waals surface area contributed by atoms with Gasteiger partial charge in [-0.2, -0.15) is 8.42 Å². The van der Waals surface area contributed by atoms with Crippen LogP contribution in [-0.4, -0.2) is 51.6 Å². The monoisotopic (exact) mass is 349 g/mol. The molecule has 0 fully saturated rings. The quantitative estimate of drug-likeness (QED) is 0.517. The molecule has 0 aromatic heterocycles. The molecule has 0 heterocycles. The van der Waals surface area contributed by atoms with Crippen LogP contribution in [0, 0.1) is 0 Å². The minimum atomic E-state index is -3.70. The van der Waals surface area contributed by atoms with Crippen LogP contribution in [0.4, 0.5) is 0 Å². The van der Waals surface area contributed by atoms with Crippen LogP contribution in [0.25, 0.3) is 0 Å². The van der Waals surface area contributed by atoms with E-state index in [9.17, 15) is 13.2 Å². The zero-order chi connectivity index (χ0) is 17.6.